The van der Waals surface area contributed by atoms with E-state index in [-0.39, 0.29) is 4.90 Å². The summed E-state index contributed by atoms with van der Waals surface area (Å²) in [6.07, 6.45) is 1.14. The van der Waals surface area contributed by atoms with Crippen LogP contribution in [-0.4, -0.2) is 14.7 Å². The predicted octanol–water partition coefficient (Wildman–Crippen LogP) is 3.07. The molecule has 0 aliphatic rings. The molecule has 0 unspecified atom stereocenters. The third-order valence-electron chi connectivity index (χ3n) is 2.55. The molecule has 0 atom stereocenters. The van der Waals surface area contributed by atoms with Gasteiger partial charge >= 0.3 is 0 Å². The first-order chi connectivity index (χ1) is 8.86. The van der Waals surface area contributed by atoms with Crippen molar-refractivity contribution in [3.63, 3.8) is 0 Å². The van der Waals surface area contributed by atoms with Crippen LogP contribution in [0, 0.1) is 0 Å². The van der Waals surface area contributed by atoms with Crippen LogP contribution in [0.3, 0.4) is 0 Å². The highest BCUT2D eigenvalue weighted by atomic mass is 35.5. The normalized spacial score (nSPS) is 11.3. The Morgan fingerprint density at radius 1 is 1.16 bits per heavy atom. The van der Waals surface area contributed by atoms with E-state index in [4.69, 9.17) is 17.3 Å². The number of rotatable bonds is 3. The van der Waals surface area contributed by atoms with E-state index in [1.165, 1.54) is 12.1 Å². The van der Waals surface area contributed by atoms with E-state index in [0.29, 0.717) is 16.4 Å². The molecule has 0 saturated carbocycles. The van der Waals surface area contributed by atoms with E-state index in [1.807, 2.05) is 12.1 Å². The van der Waals surface area contributed by atoms with Crippen LogP contribution in [-0.2, 0) is 9.84 Å². The molecule has 0 spiro atoms. The summed E-state index contributed by atoms with van der Waals surface area (Å²) in [4.78, 5) is 0.196. The minimum atomic E-state index is -3.25. The average molecular weight is 297 g/mol. The first-order valence-corrected chi connectivity index (χ1v) is 7.75. The second-order valence-electron chi connectivity index (χ2n) is 4.16. The predicted molar refractivity (Wildman–Crippen MR) is 78.7 cm³/mol. The van der Waals surface area contributed by atoms with Gasteiger partial charge in [-0.3, -0.25) is 0 Å². The van der Waals surface area contributed by atoms with E-state index >= 15 is 0 Å². The summed E-state index contributed by atoms with van der Waals surface area (Å²) in [5.41, 5.74) is 7.63. The SMILES string of the molecule is CS(=O)(=O)c1ccc(Nc2cccc(Cl)c2)c(N)c1. The summed E-state index contributed by atoms with van der Waals surface area (Å²) in [7, 11) is -3.25. The number of nitrogens with two attached hydrogens (primary N) is 1. The molecule has 0 heterocycles. The fourth-order valence-electron chi connectivity index (χ4n) is 1.61. The van der Waals surface area contributed by atoms with E-state index in [9.17, 15) is 8.42 Å². The summed E-state index contributed by atoms with van der Waals surface area (Å²) < 4.78 is 22.8. The number of benzene rings is 2. The molecule has 0 aromatic heterocycles. The number of hydrogen-bond acceptors (Lipinski definition) is 4. The van der Waals surface area contributed by atoms with Crippen LogP contribution >= 0.6 is 11.6 Å². The lowest BCUT2D eigenvalue weighted by Gasteiger charge is -2.10. The van der Waals surface area contributed by atoms with Gasteiger partial charge < -0.3 is 11.1 Å². The van der Waals surface area contributed by atoms with Crippen molar-refractivity contribution in [1.82, 2.24) is 0 Å². The van der Waals surface area contributed by atoms with Crippen molar-refractivity contribution in [1.29, 1.82) is 0 Å². The van der Waals surface area contributed by atoms with Crippen molar-refractivity contribution >= 4 is 38.5 Å². The molecule has 3 N–H and O–H groups in total. The van der Waals surface area contributed by atoms with E-state index in [2.05, 4.69) is 5.32 Å². The van der Waals surface area contributed by atoms with Crippen molar-refractivity contribution in [3.05, 3.63) is 47.5 Å². The summed E-state index contributed by atoms with van der Waals surface area (Å²) in [6, 6.07) is 11.8. The lowest BCUT2D eigenvalue weighted by Crippen LogP contribution is -2.01. The fraction of sp³-hybridized carbons (Fsp3) is 0.0769. The lowest BCUT2D eigenvalue weighted by atomic mass is 10.2. The molecule has 0 aliphatic heterocycles. The summed E-state index contributed by atoms with van der Waals surface area (Å²) in [5.74, 6) is 0. The van der Waals surface area contributed by atoms with Gasteiger partial charge in [0.05, 0.1) is 16.3 Å². The molecule has 2 rings (SSSR count). The second kappa shape index (κ2) is 5.11. The van der Waals surface area contributed by atoms with Gasteiger partial charge in [0.2, 0.25) is 0 Å². The zero-order chi connectivity index (χ0) is 14.0. The van der Waals surface area contributed by atoms with Crippen LogP contribution in [0.15, 0.2) is 47.4 Å². The largest absolute Gasteiger partial charge is 0.397 e. The van der Waals surface area contributed by atoms with Gasteiger partial charge in [-0.25, -0.2) is 8.42 Å². The topological polar surface area (TPSA) is 72.2 Å². The molecule has 4 nitrogen and oxygen atoms in total. The quantitative estimate of drug-likeness (QED) is 0.854. The van der Waals surface area contributed by atoms with Crippen LogP contribution in [0.4, 0.5) is 17.1 Å². The van der Waals surface area contributed by atoms with Gasteiger partial charge in [0.1, 0.15) is 0 Å². The fourth-order valence-corrected chi connectivity index (χ4v) is 2.45. The van der Waals surface area contributed by atoms with E-state index in [1.54, 1.807) is 18.2 Å². The number of nitrogens with one attached hydrogen (secondary N) is 1. The molecular formula is C13H13ClN2O2S. The van der Waals surface area contributed by atoms with Crippen LogP contribution < -0.4 is 11.1 Å². The molecule has 0 amide bonds. The van der Waals surface area contributed by atoms with Gasteiger partial charge in [0, 0.05) is 17.0 Å². The van der Waals surface area contributed by atoms with Crippen LogP contribution in [0.25, 0.3) is 0 Å². The number of sulfone groups is 1. The van der Waals surface area contributed by atoms with Crippen molar-refractivity contribution in [2.24, 2.45) is 0 Å². The summed E-state index contributed by atoms with van der Waals surface area (Å²) in [5, 5.41) is 3.70. The molecule has 0 radical (unpaired) electrons. The molecular weight excluding hydrogens is 284 g/mol. The van der Waals surface area contributed by atoms with Crippen LogP contribution in [0.5, 0.6) is 0 Å². The minimum absolute atomic E-state index is 0.196. The smallest absolute Gasteiger partial charge is 0.175 e. The van der Waals surface area contributed by atoms with Crippen molar-refractivity contribution in [2.45, 2.75) is 4.90 Å². The molecule has 0 aliphatic carbocycles. The maximum absolute atomic E-state index is 11.4. The van der Waals surface area contributed by atoms with Crippen LogP contribution in [0.1, 0.15) is 0 Å². The number of halogens is 1. The maximum Gasteiger partial charge on any atom is 0.175 e. The second-order valence-corrected chi connectivity index (χ2v) is 6.61. The third kappa shape index (κ3) is 3.39. The third-order valence-corrected chi connectivity index (χ3v) is 3.90. The Kier molecular flexibility index (Phi) is 3.68. The molecule has 100 valence electrons. The molecule has 0 fully saturated rings. The number of nitrogen functional groups attached to an aromatic ring is 1. The highest BCUT2D eigenvalue weighted by Crippen LogP contribution is 2.27. The van der Waals surface area contributed by atoms with Gasteiger partial charge in [-0.2, -0.15) is 0 Å². The Balaban J connectivity index is 2.32. The first-order valence-electron chi connectivity index (χ1n) is 5.48. The first kappa shape index (κ1) is 13.7. The Labute approximate surface area is 117 Å². The Morgan fingerprint density at radius 3 is 2.47 bits per heavy atom. The van der Waals surface area contributed by atoms with Gasteiger partial charge in [-0.15, -0.1) is 0 Å². The number of anilines is 3. The Hall–Kier alpha value is -1.72. The Morgan fingerprint density at radius 2 is 1.89 bits per heavy atom. The average Bonchev–Trinajstić information content (AvgIpc) is 2.30. The maximum atomic E-state index is 11.4. The molecule has 2 aromatic rings. The van der Waals surface area contributed by atoms with Gasteiger partial charge in [0.25, 0.3) is 0 Å². The molecule has 0 bridgehead atoms. The van der Waals surface area contributed by atoms with Crippen molar-refractivity contribution in [2.75, 3.05) is 17.3 Å². The summed E-state index contributed by atoms with van der Waals surface area (Å²) in [6.45, 7) is 0. The molecule has 2 aromatic carbocycles. The molecule has 19 heavy (non-hydrogen) atoms. The zero-order valence-electron chi connectivity index (χ0n) is 10.2. The van der Waals surface area contributed by atoms with E-state index in [0.717, 1.165) is 11.9 Å². The molecule has 0 saturated heterocycles. The van der Waals surface area contributed by atoms with Gasteiger partial charge in [0.15, 0.2) is 9.84 Å². The summed E-state index contributed by atoms with van der Waals surface area (Å²) >= 11 is 5.89. The Bertz CT molecular complexity index is 714. The lowest BCUT2D eigenvalue weighted by molar-refractivity contribution is 0.602. The highest BCUT2D eigenvalue weighted by Gasteiger charge is 2.09. The minimum Gasteiger partial charge on any atom is -0.397 e. The van der Waals surface area contributed by atoms with Crippen molar-refractivity contribution in [3.8, 4) is 0 Å². The molecule has 6 heteroatoms. The van der Waals surface area contributed by atoms with E-state index < -0.39 is 9.84 Å². The van der Waals surface area contributed by atoms with Crippen LogP contribution in [0.2, 0.25) is 5.02 Å². The zero-order valence-corrected chi connectivity index (χ0v) is 11.8. The number of hydrogen-bond donors (Lipinski definition) is 2. The van der Waals surface area contributed by atoms with Gasteiger partial charge in [-0.1, -0.05) is 17.7 Å². The standard InChI is InChI=1S/C13H13ClN2O2S/c1-19(17,18)11-5-6-13(12(15)8-11)16-10-4-2-3-9(14)7-10/h2-8,16H,15H2,1H3. The highest BCUT2D eigenvalue weighted by molar-refractivity contribution is 7.90. The monoisotopic (exact) mass is 296 g/mol. The van der Waals surface area contributed by atoms with Crippen molar-refractivity contribution < 1.29 is 8.42 Å². The van der Waals surface area contributed by atoms with Gasteiger partial charge in [-0.05, 0) is 36.4 Å².